The second kappa shape index (κ2) is 4.96. The van der Waals surface area contributed by atoms with E-state index in [0.29, 0.717) is 11.3 Å². The predicted octanol–water partition coefficient (Wildman–Crippen LogP) is 1.86. The van der Waals surface area contributed by atoms with Crippen LogP contribution in [0, 0.1) is 12.3 Å². The molecule has 0 aliphatic heterocycles. The third-order valence-corrected chi connectivity index (χ3v) is 4.26. The number of rotatable bonds is 3. The SMILES string of the molecule is C#Cc1cccc(NS(=O)(=O)c2c(Cl)cnn2C)c1. The Kier molecular flexibility index (Phi) is 3.51. The Morgan fingerprint density at radius 3 is 2.79 bits per heavy atom. The standard InChI is InChI=1S/C12H10ClN3O2S/c1-3-9-5-4-6-10(7-9)15-19(17,18)12-11(13)8-14-16(12)2/h1,4-8,15H,2H3. The van der Waals surface area contributed by atoms with Crippen LogP contribution in [0.2, 0.25) is 5.02 Å². The van der Waals surface area contributed by atoms with Gasteiger partial charge in [-0.25, -0.2) is 0 Å². The van der Waals surface area contributed by atoms with E-state index in [-0.39, 0.29) is 10.0 Å². The summed E-state index contributed by atoms with van der Waals surface area (Å²) in [6.07, 6.45) is 6.53. The minimum absolute atomic E-state index is 0.0584. The molecule has 0 saturated carbocycles. The highest BCUT2D eigenvalue weighted by Crippen LogP contribution is 2.23. The summed E-state index contributed by atoms with van der Waals surface area (Å²) in [5, 5.41) is 3.75. The van der Waals surface area contributed by atoms with Crippen LogP contribution in [0.1, 0.15) is 5.56 Å². The third kappa shape index (κ3) is 2.72. The van der Waals surface area contributed by atoms with Gasteiger partial charge in [0.1, 0.15) is 0 Å². The van der Waals surface area contributed by atoms with Gasteiger partial charge in [0.15, 0.2) is 5.03 Å². The van der Waals surface area contributed by atoms with Gasteiger partial charge in [0, 0.05) is 12.6 Å². The van der Waals surface area contributed by atoms with E-state index in [4.69, 9.17) is 18.0 Å². The van der Waals surface area contributed by atoms with Gasteiger partial charge in [-0.15, -0.1) is 6.42 Å². The zero-order valence-corrected chi connectivity index (χ0v) is 11.5. The second-order valence-electron chi connectivity index (χ2n) is 3.75. The Hall–Kier alpha value is -1.97. The number of nitrogens with one attached hydrogen (secondary N) is 1. The van der Waals surface area contributed by atoms with Crippen molar-refractivity contribution in [2.45, 2.75) is 5.03 Å². The fraction of sp³-hybridized carbons (Fsp3) is 0.0833. The Bertz CT molecular complexity index is 740. The molecule has 0 radical (unpaired) electrons. The van der Waals surface area contributed by atoms with Gasteiger partial charge in [0.2, 0.25) is 0 Å². The zero-order chi connectivity index (χ0) is 14.0. The van der Waals surface area contributed by atoms with E-state index < -0.39 is 10.0 Å². The first kappa shape index (κ1) is 13.5. The maximum absolute atomic E-state index is 12.2. The molecule has 0 bridgehead atoms. The van der Waals surface area contributed by atoms with Crippen LogP contribution in [0.5, 0.6) is 0 Å². The highest BCUT2D eigenvalue weighted by Gasteiger charge is 2.22. The summed E-state index contributed by atoms with van der Waals surface area (Å²) in [5.41, 5.74) is 0.948. The van der Waals surface area contributed by atoms with Crippen molar-refractivity contribution in [3.05, 3.63) is 41.0 Å². The summed E-state index contributed by atoms with van der Waals surface area (Å²) >= 11 is 5.82. The number of anilines is 1. The molecule has 0 saturated heterocycles. The molecule has 0 aliphatic carbocycles. The first-order valence-corrected chi connectivity index (χ1v) is 7.07. The molecule has 1 heterocycles. The Morgan fingerprint density at radius 2 is 2.21 bits per heavy atom. The fourth-order valence-corrected chi connectivity index (χ4v) is 3.29. The monoisotopic (exact) mass is 295 g/mol. The van der Waals surface area contributed by atoms with Gasteiger partial charge in [-0.1, -0.05) is 23.6 Å². The summed E-state index contributed by atoms with van der Waals surface area (Å²) in [5.74, 6) is 2.43. The summed E-state index contributed by atoms with van der Waals surface area (Å²) in [6.45, 7) is 0. The number of halogens is 1. The number of hydrogen-bond acceptors (Lipinski definition) is 3. The average Bonchev–Trinajstić information content (AvgIpc) is 2.69. The topological polar surface area (TPSA) is 64.0 Å². The van der Waals surface area contributed by atoms with E-state index in [9.17, 15) is 8.42 Å². The van der Waals surface area contributed by atoms with Gasteiger partial charge >= 0.3 is 0 Å². The first-order valence-electron chi connectivity index (χ1n) is 5.21. The number of hydrogen-bond donors (Lipinski definition) is 1. The number of aryl methyl sites for hydroxylation is 1. The second-order valence-corrected chi connectivity index (χ2v) is 5.76. The zero-order valence-electron chi connectivity index (χ0n) is 9.96. The average molecular weight is 296 g/mol. The van der Waals surface area contributed by atoms with E-state index in [1.165, 1.54) is 17.9 Å². The largest absolute Gasteiger partial charge is 0.280 e. The van der Waals surface area contributed by atoms with Crippen molar-refractivity contribution in [2.24, 2.45) is 7.05 Å². The maximum Gasteiger partial charge on any atom is 0.280 e. The number of benzene rings is 1. The van der Waals surface area contributed by atoms with Crippen LogP contribution >= 0.6 is 11.6 Å². The van der Waals surface area contributed by atoms with Crippen molar-refractivity contribution in [1.29, 1.82) is 0 Å². The summed E-state index contributed by atoms with van der Waals surface area (Å²) in [7, 11) is -2.31. The van der Waals surface area contributed by atoms with Crippen LogP contribution in [0.3, 0.4) is 0 Å². The first-order chi connectivity index (χ1) is 8.94. The minimum Gasteiger partial charge on any atom is -0.278 e. The molecule has 98 valence electrons. The van der Waals surface area contributed by atoms with Crippen LogP contribution in [-0.2, 0) is 17.1 Å². The normalized spacial score (nSPS) is 11.0. The Morgan fingerprint density at radius 1 is 1.47 bits per heavy atom. The van der Waals surface area contributed by atoms with Gasteiger partial charge < -0.3 is 0 Å². The molecule has 0 fully saturated rings. The minimum atomic E-state index is -3.81. The van der Waals surface area contributed by atoms with Crippen molar-refractivity contribution in [1.82, 2.24) is 9.78 Å². The number of aromatic nitrogens is 2. The molecular formula is C12H10ClN3O2S. The highest BCUT2D eigenvalue weighted by atomic mass is 35.5. The molecule has 1 N–H and O–H groups in total. The van der Waals surface area contributed by atoms with Gasteiger partial charge in [0.05, 0.1) is 16.9 Å². The molecule has 2 rings (SSSR count). The van der Waals surface area contributed by atoms with Gasteiger partial charge in [0.25, 0.3) is 10.0 Å². The lowest BCUT2D eigenvalue weighted by molar-refractivity contribution is 0.582. The van der Waals surface area contributed by atoms with Crippen molar-refractivity contribution in [2.75, 3.05) is 4.72 Å². The molecule has 5 nitrogen and oxygen atoms in total. The van der Waals surface area contributed by atoms with E-state index in [1.807, 2.05) is 0 Å². The van der Waals surface area contributed by atoms with Gasteiger partial charge in [-0.3, -0.25) is 9.40 Å². The summed E-state index contributed by atoms with van der Waals surface area (Å²) in [6, 6.07) is 6.53. The molecule has 1 aromatic heterocycles. The lowest BCUT2D eigenvalue weighted by Crippen LogP contribution is -2.17. The van der Waals surface area contributed by atoms with Gasteiger partial charge in [-0.05, 0) is 18.2 Å². The number of nitrogens with zero attached hydrogens (tertiary/aromatic N) is 2. The lowest BCUT2D eigenvalue weighted by atomic mass is 10.2. The molecule has 0 amide bonds. The third-order valence-electron chi connectivity index (χ3n) is 2.38. The molecule has 0 unspecified atom stereocenters. The number of terminal acetylenes is 1. The van der Waals surface area contributed by atoms with Crippen LogP contribution < -0.4 is 4.72 Å². The van der Waals surface area contributed by atoms with E-state index in [2.05, 4.69) is 15.7 Å². The summed E-state index contributed by atoms with van der Waals surface area (Å²) in [4.78, 5) is 0. The van der Waals surface area contributed by atoms with Crippen LogP contribution in [0.4, 0.5) is 5.69 Å². The smallest absolute Gasteiger partial charge is 0.278 e. The fourth-order valence-electron chi connectivity index (χ4n) is 1.58. The van der Waals surface area contributed by atoms with Crippen molar-refractivity contribution < 1.29 is 8.42 Å². The molecule has 7 heteroatoms. The Balaban J connectivity index is 2.40. The van der Waals surface area contributed by atoms with E-state index in [1.54, 1.807) is 24.3 Å². The molecule has 0 spiro atoms. The molecule has 2 aromatic rings. The Labute approximate surface area is 116 Å². The number of sulfonamides is 1. The predicted molar refractivity (Wildman–Crippen MR) is 73.4 cm³/mol. The molecule has 0 aliphatic rings. The van der Waals surface area contributed by atoms with Crippen LogP contribution in [-0.4, -0.2) is 18.2 Å². The summed E-state index contributed by atoms with van der Waals surface area (Å²) < 4.78 is 28.0. The van der Waals surface area contributed by atoms with Crippen molar-refractivity contribution in [3.8, 4) is 12.3 Å². The molecular weight excluding hydrogens is 286 g/mol. The lowest BCUT2D eigenvalue weighted by Gasteiger charge is -2.08. The van der Waals surface area contributed by atoms with Crippen LogP contribution in [0.25, 0.3) is 0 Å². The van der Waals surface area contributed by atoms with Crippen LogP contribution in [0.15, 0.2) is 35.5 Å². The molecule has 1 aromatic carbocycles. The quantitative estimate of drug-likeness (QED) is 0.879. The van der Waals surface area contributed by atoms with E-state index in [0.717, 1.165) is 0 Å². The molecule has 19 heavy (non-hydrogen) atoms. The maximum atomic E-state index is 12.2. The van der Waals surface area contributed by atoms with E-state index >= 15 is 0 Å². The molecule has 0 atom stereocenters. The van der Waals surface area contributed by atoms with Crippen molar-refractivity contribution in [3.63, 3.8) is 0 Å². The van der Waals surface area contributed by atoms with Gasteiger partial charge in [-0.2, -0.15) is 13.5 Å². The highest BCUT2D eigenvalue weighted by molar-refractivity contribution is 7.92. The van der Waals surface area contributed by atoms with Crippen molar-refractivity contribution >= 4 is 27.3 Å².